The van der Waals surface area contributed by atoms with Crippen molar-refractivity contribution in [3.8, 4) is 11.3 Å². The van der Waals surface area contributed by atoms with Gasteiger partial charge in [0, 0.05) is 12.1 Å². The van der Waals surface area contributed by atoms with Gasteiger partial charge in [0.15, 0.2) is 0 Å². The monoisotopic (exact) mass is 250 g/mol. The molecular weight excluding hydrogens is 234 g/mol. The molecule has 0 saturated carbocycles. The highest BCUT2D eigenvalue weighted by atomic mass is 35.5. The summed E-state index contributed by atoms with van der Waals surface area (Å²) in [5.74, 6) is 0. The summed E-state index contributed by atoms with van der Waals surface area (Å²) < 4.78 is 2.24. The molecule has 1 nitrogen and oxygen atoms in total. The Morgan fingerprint density at radius 1 is 1.12 bits per heavy atom. The van der Waals surface area contributed by atoms with E-state index in [1.807, 2.05) is 6.07 Å². The Bertz CT molecular complexity index is 476. The van der Waals surface area contributed by atoms with Crippen LogP contribution in [-0.2, 0) is 6.17 Å². The molecule has 0 bridgehead atoms. The first-order valence-corrected chi connectivity index (χ1v) is 9.63. The number of fused-ring (bicyclic) bond motifs is 1. The summed E-state index contributed by atoms with van der Waals surface area (Å²) in [5, 5.41) is 0.851. The van der Waals surface area contributed by atoms with Gasteiger partial charge in [-0.2, -0.15) is 4.57 Å². The fourth-order valence-electron chi connectivity index (χ4n) is 1.88. The Kier molecular flexibility index (Phi) is 3.04. The average Bonchev–Trinajstić information content (AvgIpc) is 2.39. The summed E-state index contributed by atoms with van der Waals surface area (Å²) in [6.07, 6.45) is 1.07. The molecule has 0 fully saturated rings. The molecule has 2 aliphatic rings. The van der Waals surface area contributed by atoms with Crippen LogP contribution >= 0.6 is 11.6 Å². The van der Waals surface area contributed by atoms with E-state index in [1.165, 1.54) is 11.3 Å². The van der Waals surface area contributed by atoms with Crippen LogP contribution in [0.3, 0.4) is 0 Å². The van der Waals surface area contributed by atoms with E-state index < -0.39 is 8.07 Å². The molecule has 0 aromatic carbocycles. The van der Waals surface area contributed by atoms with Crippen LogP contribution in [0.2, 0.25) is 24.8 Å². The Morgan fingerprint density at radius 3 is 2.50 bits per heavy atom. The third-order valence-corrected chi connectivity index (χ3v) is 4.08. The van der Waals surface area contributed by atoms with Crippen molar-refractivity contribution in [2.45, 2.75) is 25.8 Å². The number of aromatic nitrogens is 1. The van der Waals surface area contributed by atoms with Crippen LogP contribution in [0.25, 0.3) is 11.3 Å². The molecule has 0 aromatic rings. The van der Waals surface area contributed by atoms with Crippen molar-refractivity contribution >= 4 is 19.7 Å². The van der Waals surface area contributed by atoms with Gasteiger partial charge in [-0.05, 0) is 17.7 Å². The Hall–Kier alpha value is -0.863. The molecule has 3 heteroatoms. The molecule has 1 aliphatic heterocycles. The van der Waals surface area contributed by atoms with Gasteiger partial charge in [-0.15, -0.1) is 0 Å². The smallest absolute Gasteiger partial charge is 0.186 e. The maximum atomic E-state index is 6.30. The lowest BCUT2D eigenvalue weighted by molar-refractivity contribution is -0.664. The van der Waals surface area contributed by atoms with E-state index >= 15 is 0 Å². The van der Waals surface area contributed by atoms with E-state index in [0.717, 1.165) is 11.3 Å². The van der Waals surface area contributed by atoms with Gasteiger partial charge in [0.05, 0.1) is 5.56 Å². The van der Waals surface area contributed by atoms with Gasteiger partial charge < -0.3 is 0 Å². The van der Waals surface area contributed by atoms with E-state index in [-0.39, 0.29) is 0 Å². The minimum Gasteiger partial charge on any atom is -0.186 e. The largest absolute Gasteiger partial charge is 0.275 e. The first kappa shape index (κ1) is 11.6. The SMILES string of the molecule is C[Si](C)(C)C[n+]1c(Cl)cc2cccccc1-2. The molecule has 16 heavy (non-hydrogen) atoms. The molecule has 0 radical (unpaired) electrons. The predicted molar refractivity (Wildman–Crippen MR) is 71.6 cm³/mol. The van der Waals surface area contributed by atoms with Crippen LogP contribution in [0.1, 0.15) is 0 Å². The highest BCUT2D eigenvalue weighted by Crippen LogP contribution is 2.22. The summed E-state index contributed by atoms with van der Waals surface area (Å²) in [6.45, 7) is 7.08. The van der Waals surface area contributed by atoms with E-state index in [4.69, 9.17) is 11.6 Å². The van der Waals surface area contributed by atoms with Gasteiger partial charge in [0.1, 0.15) is 14.2 Å². The molecule has 1 heterocycles. The van der Waals surface area contributed by atoms with Gasteiger partial charge in [0.2, 0.25) is 5.69 Å². The van der Waals surface area contributed by atoms with Gasteiger partial charge in [0.25, 0.3) is 5.15 Å². The third-order valence-electron chi connectivity index (χ3n) is 2.50. The van der Waals surface area contributed by atoms with Crippen molar-refractivity contribution < 1.29 is 4.57 Å². The van der Waals surface area contributed by atoms with Crippen LogP contribution in [0, 0.1) is 0 Å². The first-order valence-electron chi connectivity index (χ1n) is 5.54. The van der Waals surface area contributed by atoms with E-state index in [2.05, 4.69) is 54.5 Å². The van der Waals surface area contributed by atoms with Crippen molar-refractivity contribution in [3.05, 3.63) is 41.6 Å². The van der Waals surface area contributed by atoms with Crippen LogP contribution in [-0.4, -0.2) is 8.07 Å². The zero-order chi connectivity index (χ0) is 11.8. The predicted octanol–water partition coefficient (Wildman–Crippen LogP) is 3.61. The topological polar surface area (TPSA) is 3.88 Å². The van der Waals surface area contributed by atoms with E-state index in [9.17, 15) is 0 Å². The molecule has 84 valence electrons. The molecule has 0 atom stereocenters. The Labute approximate surface area is 103 Å². The summed E-state index contributed by atoms with van der Waals surface area (Å²) in [6, 6.07) is 12.5. The van der Waals surface area contributed by atoms with Crippen molar-refractivity contribution in [1.29, 1.82) is 0 Å². The van der Waals surface area contributed by atoms with Gasteiger partial charge in [-0.3, -0.25) is 0 Å². The van der Waals surface area contributed by atoms with Gasteiger partial charge in [-0.25, -0.2) is 0 Å². The zero-order valence-electron chi connectivity index (χ0n) is 10.00. The molecule has 0 saturated heterocycles. The van der Waals surface area contributed by atoms with Gasteiger partial charge >= 0.3 is 0 Å². The van der Waals surface area contributed by atoms with Crippen LogP contribution in [0.4, 0.5) is 0 Å². The van der Waals surface area contributed by atoms with Crippen molar-refractivity contribution in [2.75, 3.05) is 0 Å². The summed E-state index contributed by atoms with van der Waals surface area (Å²) in [5.41, 5.74) is 2.45. The number of nitrogens with zero attached hydrogens (tertiary/aromatic N) is 1. The first-order chi connectivity index (χ1) is 7.47. The molecule has 0 unspecified atom stereocenters. The van der Waals surface area contributed by atoms with Crippen LogP contribution in [0.5, 0.6) is 0 Å². The third kappa shape index (κ3) is 2.44. The molecule has 0 N–H and O–H groups in total. The van der Waals surface area contributed by atoms with E-state index in [0.29, 0.717) is 0 Å². The number of hydrogen-bond donors (Lipinski definition) is 0. The standard InChI is InChI=1S/C13H17ClNSi/c1-16(2,3)10-15-12-8-6-4-5-7-11(12)9-13(15)14/h4-9H,10H2,1-3H3/q+1. The normalized spacial score (nSPS) is 12.0. The highest BCUT2D eigenvalue weighted by molar-refractivity contribution is 6.74. The number of hydrogen-bond acceptors (Lipinski definition) is 0. The lowest BCUT2D eigenvalue weighted by atomic mass is 10.2. The Balaban J connectivity index is 2.52. The maximum Gasteiger partial charge on any atom is 0.275 e. The molecule has 2 rings (SSSR count). The highest BCUT2D eigenvalue weighted by Gasteiger charge is 2.28. The van der Waals surface area contributed by atoms with Crippen molar-refractivity contribution in [1.82, 2.24) is 0 Å². The van der Waals surface area contributed by atoms with Crippen molar-refractivity contribution in [3.63, 3.8) is 0 Å². The molecule has 0 aromatic heterocycles. The minimum atomic E-state index is -1.16. The molecule has 0 amide bonds. The fraction of sp³-hybridized carbons (Fsp3) is 0.308. The Morgan fingerprint density at radius 2 is 1.81 bits per heavy atom. The fourth-order valence-corrected chi connectivity index (χ4v) is 3.53. The molecule has 0 spiro atoms. The summed E-state index contributed by atoms with van der Waals surface area (Å²) in [7, 11) is -1.16. The summed E-state index contributed by atoms with van der Waals surface area (Å²) in [4.78, 5) is 0. The maximum absolute atomic E-state index is 6.30. The second-order valence-electron chi connectivity index (χ2n) is 5.37. The second kappa shape index (κ2) is 4.19. The minimum absolute atomic E-state index is 0.851. The number of rotatable bonds is 2. The van der Waals surface area contributed by atoms with Crippen LogP contribution in [0.15, 0.2) is 36.4 Å². The second-order valence-corrected chi connectivity index (χ2v) is 11.2. The van der Waals surface area contributed by atoms with Gasteiger partial charge in [-0.1, -0.05) is 37.8 Å². The number of halogens is 1. The lowest BCUT2D eigenvalue weighted by Crippen LogP contribution is -2.46. The van der Waals surface area contributed by atoms with Crippen molar-refractivity contribution in [2.24, 2.45) is 0 Å². The summed E-state index contributed by atoms with van der Waals surface area (Å²) >= 11 is 6.30. The zero-order valence-corrected chi connectivity index (χ0v) is 11.8. The van der Waals surface area contributed by atoms with Crippen LogP contribution < -0.4 is 4.57 Å². The lowest BCUT2D eigenvalue weighted by Gasteiger charge is -2.10. The average molecular weight is 251 g/mol. The quantitative estimate of drug-likeness (QED) is 0.566. The van der Waals surface area contributed by atoms with E-state index in [1.54, 1.807) is 0 Å². The molecular formula is C13H17ClNSi+. The molecule has 1 aliphatic carbocycles.